The van der Waals surface area contributed by atoms with Crippen LogP contribution in [0, 0.1) is 12.8 Å². The molecule has 0 saturated carbocycles. The molecule has 1 atom stereocenters. The molecule has 1 saturated heterocycles. The molecule has 0 aliphatic carbocycles. The standard InChI is InChI=1S/C12H12Br2N2O2/c1-6-2-8(13)11(9(14)3-6)16-5-7(12(15)18)4-10(16)17/h2-3,7H,4-5H2,1H3,(H2,15,18). The van der Waals surface area contributed by atoms with E-state index in [1.54, 1.807) is 4.90 Å². The van der Waals surface area contributed by atoms with Gasteiger partial charge in [0, 0.05) is 21.9 Å². The van der Waals surface area contributed by atoms with Gasteiger partial charge in [-0.15, -0.1) is 0 Å². The Kier molecular flexibility index (Phi) is 3.77. The summed E-state index contributed by atoms with van der Waals surface area (Å²) in [6.07, 6.45) is 0.183. The summed E-state index contributed by atoms with van der Waals surface area (Å²) in [5, 5.41) is 0. The first kappa shape index (κ1) is 13.5. The number of amides is 2. The zero-order valence-electron chi connectivity index (χ0n) is 9.74. The van der Waals surface area contributed by atoms with Gasteiger partial charge in [0.2, 0.25) is 11.8 Å². The maximum atomic E-state index is 12.0. The number of carbonyl (C=O) groups excluding carboxylic acids is 2. The van der Waals surface area contributed by atoms with Crippen LogP contribution in [0.1, 0.15) is 12.0 Å². The number of hydrogen-bond donors (Lipinski definition) is 1. The molecule has 1 aromatic rings. The van der Waals surface area contributed by atoms with Crippen LogP contribution in [0.2, 0.25) is 0 Å². The number of nitrogens with two attached hydrogens (primary N) is 1. The predicted molar refractivity (Wildman–Crippen MR) is 76.2 cm³/mol. The van der Waals surface area contributed by atoms with E-state index in [0.29, 0.717) is 6.54 Å². The van der Waals surface area contributed by atoms with Gasteiger partial charge in [-0.2, -0.15) is 0 Å². The van der Waals surface area contributed by atoms with Crippen LogP contribution in [0.4, 0.5) is 5.69 Å². The maximum absolute atomic E-state index is 12.0. The average Bonchev–Trinajstić information content (AvgIpc) is 2.59. The van der Waals surface area contributed by atoms with Crippen molar-refractivity contribution in [3.8, 4) is 0 Å². The van der Waals surface area contributed by atoms with Crippen molar-refractivity contribution < 1.29 is 9.59 Å². The Hall–Kier alpha value is -0.880. The zero-order valence-corrected chi connectivity index (χ0v) is 12.9. The number of primary amides is 1. The van der Waals surface area contributed by atoms with Gasteiger partial charge in [0.25, 0.3) is 0 Å². The van der Waals surface area contributed by atoms with Crippen LogP contribution in [-0.2, 0) is 9.59 Å². The van der Waals surface area contributed by atoms with Gasteiger partial charge < -0.3 is 10.6 Å². The lowest BCUT2D eigenvalue weighted by Gasteiger charge is -2.20. The van der Waals surface area contributed by atoms with E-state index >= 15 is 0 Å². The third kappa shape index (κ3) is 2.44. The quantitative estimate of drug-likeness (QED) is 0.862. The summed E-state index contributed by atoms with van der Waals surface area (Å²) in [6, 6.07) is 3.87. The van der Waals surface area contributed by atoms with Crippen molar-refractivity contribution in [2.75, 3.05) is 11.4 Å². The minimum atomic E-state index is -0.426. The Balaban J connectivity index is 2.39. The van der Waals surface area contributed by atoms with Gasteiger partial charge >= 0.3 is 0 Å². The summed E-state index contributed by atoms with van der Waals surface area (Å²) in [7, 11) is 0. The summed E-state index contributed by atoms with van der Waals surface area (Å²) in [5.74, 6) is -0.910. The van der Waals surface area contributed by atoms with Crippen molar-refractivity contribution in [3.05, 3.63) is 26.6 Å². The number of nitrogens with zero attached hydrogens (tertiary/aromatic N) is 1. The Morgan fingerprint density at radius 3 is 2.39 bits per heavy atom. The van der Waals surface area contributed by atoms with E-state index < -0.39 is 11.8 Å². The van der Waals surface area contributed by atoms with Gasteiger partial charge in [0.05, 0.1) is 11.6 Å². The molecule has 18 heavy (non-hydrogen) atoms. The fraction of sp³-hybridized carbons (Fsp3) is 0.333. The van der Waals surface area contributed by atoms with Crippen molar-refractivity contribution >= 4 is 49.4 Å². The minimum Gasteiger partial charge on any atom is -0.369 e. The fourth-order valence-corrected chi connectivity index (χ4v) is 3.91. The van der Waals surface area contributed by atoms with Crippen LogP contribution in [0.5, 0.6) is 0 Å². The van der Waals surface area contributed by atoms with E-state index in [0.717, 1.165) is 20.2 Å². The molecule has 1 aromatic carbocycles. The third-order valence-corrected chi connectivity index (χ3v) is 4.17. The van der Waals surface area contributed by atoms with Gasteiger partial charge in [-0.05, 0) is 56.5 Å². The van der Waals surface area contributed by atoms with Crippen LogP contribution in [0.25, 0.3) is 0 Å². The Morgan fingerprint density at radius 2 is 1.94 bits per heavy atom. The highest BCUT2D eigenvalue weighted by molar-refractivity contribution is 9.11. The number of carbonyl (C=O) groups is 2. The summed E-state index contributed by atoms with van der Waals surface area (Å²) in [5.41, 5.74) is 7.10. The van der Waals surface area contributed by atoms with E-state index in [-0.39, 0.29) is 12.3 Å². The Morgan fingerprint density at radius 1 is 1.39 bits per heavy atom. The molecule has 0 aromatic heterocycles. The molecular weight excluding hydrogens is 364 g/mol. The molecule has 4 nitrogen and oxygen atoms in total. The molecule has 6 heteroatoms. The summed E-state index contributed by atoms with van der Waals surface area (Å²) >= 11 is 6.90. The molecule has 1 unspecified atom stereocenters. The van der Waals surface area contributed by atoms with Crippen molar-refractivity contribution in [1.29, 1.82) is 0 Å². The maximum Gasteiger partial charge on any atom is 0.227 e. The lowest BCUT2D eigenvalue weighted by molar-refractivity contribution is -0.123. The molecular formula is C12H12Br2N2O2. The van der Waals surface area contributed by atoms with Crippen molar-refractivity contribution in [2.24, 2.45) is 11.7 Å². The summed E-state index contributed by atoms with van der Waals surface area (Å²) in [6.45, 7) is 2.31. The van der Waals surface area contributed by atoms with Crippen molar-refractivity contribution in [3.63, 3.8) is 0 Å². The van der Waals surface area contributed by atoms with Gasteiger partial charge in [-0.3, -0.25) is 9.59 Å². The predicted octanol–water partition coefficient (Wildman–Crippen LogP) is 2.36. The SMILES string of the molecule is Cc1cc(Br)c(N2CC(C(N)=O)CC2=O)c(Br)c1. The smallest absolute Gasteiger partial charge is 0.227 e. The van der Waals surface area contributed by atoms with E-state index in [1.807, 2.05) is 19.1 Å². The van der Waals surface area contributed by atoms with Gasteiger partial charge in [-0.25, -0.2) is 0 Å². The number of halogens is 2. The van der Waals surface area contributed by atoms with E-state index in [2.05, 4.69) is 31.9 Å². The second kappa shape index (κ2) is 5.01. The molecule has 1 aliphatic heterocycles. The second-order valence-corrected chi connectivity index (χ2v) is 6.09. The first-order valence-electron chi connectivity index (χ1n) is 5.45. The normalized spacial score (nSPS) is 19.4. The Labute approximate surface area is 122 Å². The number of rotatable bonds is 2. The monoisotopic (exact) mass is 374 g/mol. The molecule has 1 fully saturated rings. The van der Waals surface area contributed by atoms with Crippen molar-refractivity contribution in [2.45, 2.75) is 13.3 Å². The molecule has 0 spiro atoms. The highest BCUT2D eigenvalue weighted by Gasteiger charge is 2.35. The van der Waals surface area contributed by atoms with Crippen LogP contribution in [0.3, 0.4) is 0 Å². The molecule has 0 bridgehead atoms. The van der Waals surface area contributed by atoms with E-state index in [9.17, 15) is 9.59 Å². The van der Waals surface area contributed by atoms with Crippen LogP contribution in [0.15, 0.2) is 21.1 Å². The Bertz CT molecular complexity index is 508. The lowest BCUT2D eigenvalue weighted by Crippen LogP contribution is -2.28. The number of aryl methyl sites for hydroxylation is 1. The van der Waals surface area contributed by atoms with Gasteiger partial charge in [0.1, 0.15) is 0 Å². The topological polar surface area (TPSA) is 63.4 Å². The number of benzene rings is 1. The molecule has 1 heterocycles. The number of hydrogen-bond acceptors (Lipinski definition) is 2. The van der Waals surface area contributed by atoms with Crippen molar-refractivity contribution in [1.82, 2.24) is 0 Å². The summed E-state index contributed by atoms with van der Waals surface area (Å²) in [4.78, 5) is 24.7. The second-order valence-electron chi connectivity index (χ2n) is 4.38. The van der Waals surface area contributed by atoms with Gasteiger partial charge in [0.15, 0.2) is 0 Å². The summed E-state index contributed by atoms with van der Waals surface area (Å²) < 4.78 is 1.65. The van der Waals surface area contributed by atoms with Crippen LogP contribution >= 0.6 is 31.9 Å². The largest absolute Gasteiger partial charge is 0.369 e. The van der Waals surface area contributed by atoms with E-state index in [4.69, 9.17) is 5.73 Å². The zero-order chi connectivity index (χ0) is 13.4. The molecule has 0 radical (unpaired) electrons. The average molecular weight is 376 g/mol. The molecule has 1 aliphatic rings. The lowest BCUT2D eigenvalue weighted by atomic mass is 10.1. The number of anilines is 1. The van der Waals surface area contributed by atoms with Gasteiger partial charge in [-0.1, -0.05) is 0 Å². The molecule has 2 rings (SSSR count). The highest BCUT2D eigenvalue weighted by atomic mass is 79.9. The van der Waals surface area contributed by atoms with Crippen LogP contribution in [-0.4, -0.2) is 18.4 Å². The van der Waals surface area contributed by atoms with E-state index in [1.165, 1.54) is 0 Å². The van der Waals surface area contributed by atoms with Crippen LogP contribution < -0.4 is 10.6 Å². The third-order valence-electron chi connectivity index (χ3n) is 2.96. The highest BCUT2D eigenvalue weighted by Crippen LogP contribution is 2.38. The first-order chi connectivity index (χ1) is 8.40. The molecule has 96 valence electrons. The molecule has 2 N–H and O–H groups in total. The first-order valence-corrected chi connectivity index (χ1v) is 7.04. The fourth-order valence-electron chi connectivity index (χ4n) is 2.06. The molecule has 2 amide bonds. The minimum absolute atomic E-state index is 0.0796.